The number of sulfonamides is 1. The van der Waals surface area contributed by atoms with Crippen LogP contribution >= 0.6 is 34.4 Å². The van der Waals surface area contributed by atoms with Gasteiger partial charge in [0.15, 0.2) is 0 Å². The summed E-state index contributed by atoms with van der Waals surface area (Å²) in [6.07, 6.45) is 1.70. The van der Waals surface area contributed by atoms with E-state index in [0.29, 0.717) is 37.0 Å². The summed E-state index contributed by atoms with van der Waals surface area (Å²) < 4.78 is 29.0. The van der Waals surface area contributed by atoms with Crippen molar-refractivity contribution in [2.75, 3.05) is 37.7 Å². The van der Waals surface area contributed by atoms with E-state index in [1.807, 2.05) is 18.2 Å². The highest BCUT2D eigenvalue weighted by Crippen LogP contribution is 2.35. The number of hydrogen-bond donors (Lipinski definition) is 0. The van der Waals surface area contributed by atoms with Crippen molar-refractivity contribution in [1.82, 2.24) is 14.2 Å². The summed E-state index contributed by atoms with van der Waals surface area (Å²) in [4.78, 5) is 20.3. The molecule has 2 aromatic heterocycles. The number of piperidine rings is 1. The Morgan fingerprint density at radius 1 is 1.03 bits per heavy atom. The van der Waals surface area contributed by atoms with Gasteiger partial charge in [-0.05, 0) is 36.4 Å². The predicted molar refractivity (Wildman–Crippen MR) is 128 cm³/mol. The van der Waals surface area contributed by atoms with Gasteiger partial charge >= 0.3 is 0 Å². The molecule has 5 rings (SSSR count). The minimum absolute atomic E-state index is 0.164. The molecule has 6 nitrogen and oxygen atoms in total. The fourth-order valence-electron chi connectivity index (χ4n) is 4.12. The standard InChI is InChI=1S/C21H23N3O3S4/c25-21(19-18(7-12-29-19)31(26,27)24-10-13-28-14-11-24)23-8-5-15(6-9-23)20-22-16-3-1-2-4-17(16)30-20/h1-4,7,12,15H,5-6,8-11,13-14H2. The molecule has 164 valence electrons. The molecular weight excluding hydrogens is 471 g/mol. The van der Waals surface area contributed by atoms with Gasteiger partial charge in [0.1, 0.15) is 9.77 Å². The molecule has 0 spiro atoms. The van der Waals surface area contributed by atoms with Crippen LogP contribution in [0.5, 0.6) is 0 Å². The van der Waals surface area contributed by atoms with E-state index in [1.54, 1.807) is 39.4 Å². The lowest BCUT2D eigenvalue weighted by Gasteiger charge is -2.31. The highest BCUT2D eigenvalue weighted by Gasteiger charge is 2.34. The molecule has 1 amide bonds. The van der Waals surface area contributed by atoms with Crippen molar-refractivity contribution in [1.29, 1.82) is 0 Å². The van der Waals surface area contributed by atoms with E-state index in [4.69, 9.17) is 4.98 Å². The van der Waals surface area contributed by atoms with E-state index in [9.17, 15) is 13.2 Å². The van der Waals surface area contributed by atoms with Gasteiger partial charge in [0.05, 0.1) is 15.2 Å². The second-order valence-electron chi connectivity index (χ2n) is 7.72. The summed E-state index contributed by atoms with van der Waals surface area (Å²) >= 11 is 4.73. The Hall–Kier alpha value is -1.46. The number of thiophene rings is 1. The molecule has 0 atom stereocenters. The normalized spacial score (nSPS) is 19.2. The van der Waals surface area contributed by atoms with Crippen LogP contribution in [0.3, 0.4) is 0 Å². The Balaban J connectivity index is 1.29. The molecule has 0 bridgehead atoms. The number of benzene rings is 1. The SMILES string of the molecule is O=C(c1sccc1S(=O)(=O)N1CCSCC1)N1CCC(c2nc3ccccc3s2)CC1. The molecule has 2 aliphatic rings. The molecule has 10 heteroatoms. The number of rotatable bonds is 4. The number of amides is 1. The smallest absolute Gasteiger partial charge is 0.265 e. The van der Waals surface area contributed by atoms with E-state index < -0.39 is 10.0 Å². The molecular formula is C21H23N3O3S4. The highest BCUT2D eigenvalue weighted by molar-refractivity contribution is 7.99. The van der Waals surface area contributed by atoms with Crippen molar-refractivity contribution in [3.63, 3.8) is 0 Å². The summed E-state index contributed by atoms with van der Waals surface area (Å²) in [6.45, 7) is 2.25. The number of carbonyl (C=O) groups excluding carboxylic acids is 1. The number of para-hydroxylation sites is 1. The first-order chi connectivity index (χ1) is 15.0. The first-order valence-corrected chi connectivity index (χ1v) is 14.6. The third kappa shape index (κ3) is 4.16. The summed E-state index contributed by atoms with van der Waals surface area (Å²) in [7, 11) is -3.63. The Morgan fingerprint density at radius 2 is 1.77 bits per heavy atom. The van der Waals surface area contributed by atoms with E-state index in [0.717, 1.165) is 34.9 Å². The molecule has 2 saturated heterocycles. The molecule has 0 radical (unpaired) electrons. The third-order valence-electron chi connectivity index (χ3n) is 5.85. The number of carbonyl (C=O) groups is 1. The van der Waals surface area contributed by atoms with Gasteiger partial charge in [-0.15, -0.1) is 22.7 Å². The number of fused-ring (bicyclic) bond motifs is 1. The average Bonchev–Trinajstić information content (AvgIpc) is 3.47. The first kappa shape index (κ1) is 21.4. The van der Waals surface area contributed by atoms with Crippen molar-refractivity contribution in [2.24, 2.45) is 0 Å². The van der Waals surface area contributed by atoms with Gasteiger partial charge in [0, 0.05) is 43.6 Å². The van der Waals surface area contributed by atoms with Crippen LogP contribution in [0, 0.1) is 0 Å². The maximum absolute atomic E-state index is 13.2. The van der Waals surface area contributed by atoms with Crippen LogP contribution in [-0.2, 0) is 10.0 Å². The van der Waals surface area contributed by atoms with E-state index >= 15 is 0 Å². The predicted octanol–water partition coefficient (Wildman–Crippen LogP) is 4.12. The van der Waals surface area contributed by atoms with Crippen LogP contribution in [0.2, 0.25) is 0 Å². The number of thioether (sulfide) groups is 1. The molecule has 1 aromatic carbocycles. The Morgan fingerprint density at radius 3 is 2.52 bits per heavy atom. The first-order valence-electron chi connectivity index (χ1n) is 10.3. The minimum atomic E-state index is -3.63. The van der Waals surface area contributed by atoms with Crippen molar-refractivity contribution in [3.8, 4) is 0 Å². The zero-order chi connectivity index (χ0) is 21.4. The van der Waals surface area contributed by atoms with Gasteiger partial charge in [-0.25, -0.2) is 13.4 Å². The number of aromatic nitrogens is 1. The minimum Gasteiger partial charge on any atom is -0.338 e. The number of thiazole rings is 1. The topological polar surface area (TPSA) is 70.6 Å². The van der Waals surface area contributed by atoms with Crippen LogP contribution in [0.4, 0.5) is 0 Å². The number of nitrogens with zero attached hydrogens (tertiary/aromatic N) is 3. The molecule has 3 aromatic rings. The van der Waals surface area contributed by atoms with Crippen molar-refractivity contribution in [2.45, 2.75) is 23.7 Å². The largest absolute Gasteiger partial charge is 0.338 e. The second kappa shape index (κ2) is 8.82. The van der Waals surface area contributed by atoms with Crippen LogP contribution in [-0.4, -0.2) is 66.2 Å². The lowest BCUT2D eigenvalue weighted by Crippen LogP contribution is -2.40. The van der Waals surface area contributed by atoms with Crippen molar-refractivity contribution in [3.05, 3.63) is 45.6 Å². The molecule has 0 unspecified atom stereocenters. The second-order valence-corrected chi connectivity index (χ2v) is 12.8. The monoisotopic (exact) mass is 493 g/mol. The van der Waals surface area contributed by atoms with Crippen LogP contribution < -0.4 is 0 Å². The maximum Gasteiger partial charge on any atom is 0.265 e. The number of hydrogen-bond acceptors (Lipinski definition) is 7. The molecule has 0 N–H and O–H groups in total. The Bertz CT molecular complexity index is 1160. The summed E-state index contributed by atoms with van der Waals surface area (Å²) in [6, 6.07) is 9.75. The molecule has 31 heavy (non-hydrogen) atoms. The fourth-order valence-corrected chi connectivity index (χ4v) is 9.19. The van der Waals surface area contributed by atoms with Gasteiger partial charge in [0.25, 0.3) is 5.91 Å². The Labute approximate surface area is 194 Å². The maximum atomic E-state index is 13.2. The lowest BCUT2D eigenvalue weighted by molar-refractivity contribution is 0.0714. The number of likely N-dealkylation sites (tertiary alicyclic amines) is 1. The Kier molecular flexibility index (Phi) is 6.09. The third-order valence-corrected chi connectivity index (χ3v) is 11.0. The van der Waals surface area contributed by atoms with E-state index in [-0.39, 0.29) is 10.8 Å². The van der Waals surface area contributed by atoms with Crippen LogP contribution in [0.25, 0.3) is 10.2 Å². The van der Waals surface area contributed by atoms with Crippen molar-refractivity contribution >= 4 is 60.6 Å². The fraction of sp³-hybridized carbons (Fsp3) is 0.429. The van der Waals surface area contributed by atoms with Gasteiger partial charge < -0.3 is 4.90 Å². The summed E-state index contributed by atoms with van der Waals surface area (Å²) in [5.41, 5.74) is 1.03. The van der Waals surface area contributed by atoms with Crippen LogP contribution in [0.1, 0.15) is 33.4 Å². The summed E-state index contributed by atoms with van der Waals surface area (Å²) in [5.74, 6) is 1.78. The zero-order valence-electron chi connectivity index (χ0n) is 16.9. The van der Waals surface area contributed by atoms with Gasteiger partial charge in [-0.1, -0.05) is 12.1 Å². The highest BCUT2D eigenvalue weighted by atomic mass is 32.2. The van der Waals surface area contributed by atoms with Crippen molar-refractivity contribution < 1.29 is 13.2 Å². The molecule has 2 aliphatic heterocycles. The molecule has 0 aliphatic carbocycles. The van der Waals surface area contributed by atoms with Gasteiger partial charge in [-0.2, -0.15) is 16.1 Å². The van der Waals surface area contributed by atoms with Gasteiger partial charge in [-0.3, -0.25) is 4.79 Å². The molecule has 2 fully saturated rings. The average molecular weight is 494 g/mol. The quantitative estimate of drug-likeness (QED) is 0.547. The zero-order valence-corrected chi connectivity index (χ0v) is 20.2. The summed E-state index contributed by atoms with van der Waals surface area (Å²) in [5, 5.41) is 2.85. The lowest BCUT2D eigenvalue weighted by atomic mass is 9.97. The molecule has 0 saturated carbocycles. The molecule has 4 heterocycles. The van der Waals surface area contributed by atoms with Crippen LogP contribution in [0.15, 0.2) is 40.6 Å². The van der Waals surface area contributed by atoms with E-state index in [2.05, 4.69) is 6.07 Å². The van der Waals surface area contributed by atoms with Gasteiger partial charge in [0.2, 0.25) is 10.0 Å². The van der Waals surface area contributed by atoms with E-state index in [1.165, 1.54) is 20.3 Å².